The molecule has 2 rings (SSSR count). The van der Waals surface area contributed by atoms with E-state index in [0.717, 1.165) is 36.3 Å². The summed E-state index contributed by atoms with van der Waals surface area (Å²) in [4.78, 5) is 0. The maximum Gasteiger partial charge on any atom is 0.129 e. The summed E-state index contributed by atoms with van der Waals surface area (Å²) in [5, 5.41) is 0. The van der Waals surface area contributed by atoms with E-state index in [4.69, 9.17) is 4.74 Å². The zero-order valence-electron chi connectivity index (χ0n) is 15.5. The molecule has 0 saturated carbocycles. The summed E-state index contributed by atoms with van der Waals surface area (Å²) >= 11 is 0. The van der Waals surface area contributed by atoms with Crippen LogP contribution in [0.25, 0.3) is 11.8 Å². The summed E-state index contributed by atoms with van der Waals surface area (Å²) in [6.45, 7) is 6.23. The zero-order valence-corrected chi connectivity index (χ0v) is 15.5. The molecular weight excluding hydrogens is 304 g/mol. The lowest BCUT2D eigenvalue weighted by Crippen LogP contribution is -1.94. The Morgan fingerprint density at radius 3 is 2.20 bits per heavy atom. The average Bonchev–Trinajstić information content (AvgIpc) is 2.67. The number of benzene rings is 2. The second kappa shape index (κ2) is 10.4. The molecule has 0 heterocycles. The average molecular weight is 332 g/mol. The summed E-state index contributed by atoms with van der Waals surface area (Å²) in [6, 6.07) is 20.7. The molecule has 0 saturated heterocycles. The van der Waals surface area contributed by atoms with Crippen LogP contribution in [0.4, 0.5) is 0 Å². The topological polar surface area (TPSA) is 9.23 Å². The van der Waals surface area contributed by atoms with Gasteiger partial charge in [-0.15, -0.1) is 0 Å². The minimum absolute atomic E-state index is 0.918. The van der Waals surface area contributed by atoms with Gasteiger partial charge < -0.3 is 4.74 Å². The van der Waals surface area contributed by atoms with Crippen molar-refractivity contribution in [2.45, 2.75) is 40.0 Å². The zero-order chi connectivity index (χ0) is 17.9. The van der Waals surface area contributed by atoms with E-state index < -0.39 is 0 Å². The molecule has 0 aliphatic rings. The van der Waals surface area contributed by atoms with Crippen LogP contribution in [0.1, 0.15) is 51.2 Å². The van der Waals surface area contributed by atoms with Crippen molar-refractivity contribution in [1.29, 1.82) is 0 Å². The monoisotopic (exact) mass is 332 g/mol. The van der Waals surface area contributed by atoms with Crippen molar-refractivity contribution in [3.05, 3.63) is 95.3 Å². The Morgan fingerprint density at radius 1 is 0.920 bits per heavy atom. The fourth-order valence-electron chi connectivity index (χ4n) is 2.58. The van der Waals surface area contributed by atoms with Crippen LogP contribution < -0.4 is 0 Å². The number of hydrogen-bond donors (Lipinski definition) is 0. The van der Waals surface area contributed by atoms with Crippen LogP contribution in [0.2, 0.25) is 0 Å². The van der Waals surface area contributed by atoms with Gasteiger partial charge in [-0.25, -0.2) is 0 Å². The van der Waals surface area contributed by atoms with E-state index in [1.54, 1.807) is 0 Å². The van der Waals surface area contributed by atoms with Crippen LogP contribution in [-0.2, 0) is 4.74 Å². The summed E-state index contributed by atoms with van der Waals surface area (Å²) < 4.78 is 6.10. The maximum atomic E-state index is 6.10. The molecule has 1 nitrogen and oxygen atoms in total. The van der Waals surface area contributed by atoms with Gasteiger partial charge in [-0.3, -0.25) is 0 Å². The van der Waals surface area contributed by atoms with Gasteiger partial charge in [0.2, 0.25) is 0 Å². The van der Waals surface area contributed by atoms with E-state index in [1.165, 1.54) is 11.1 Å². The van der Waals surface area contributed by atoms with Gasteiger partial charge >= 0.3 is 0 Å². The van der Waals surface area contributed by atoms with Crippen LogP contribution >= 0.6 is 0 Å². The highest BCUT2D eigenvalue weighted by molar-refractivity contribution is 5.60. The van der Waals surface area contributed by atoms with Crippen molar-refractivity contribution in [2.24, 2.45) is 0 Å². The van der Waals surface area contributed by atoms with Crippen LogP contribution in [0, 0.1) is 0 Å². The van der Waals surface area contributed by atoms with Crippen LogP contribution in [0.15, 0.2) is 84.1 Å². The van der Waals surface area contributed by atoms with Gasteiger partial charge in [0.15, 0.2) is 0 Å². The molecule has 0 spiro atoms. The Balaban J connectivity index is 1.83. The quantitative estimate of drug-likeness (QED) is 0.365. The third-order valence-corrected chi connectivity index (χ3v) is 4.22. The van der Waals surface area contributed by atoms with Crippen molar-refractivity contribution in [1.82, 2.24) is 0 Å². The van der Waals surface area contributed by atoms with Crippen LogP contribution in [0.5, 0.6) is 0 Å². The van der Waals surface area contributed by atoms with E-state index >= 15 is 0 Å². The Kier molecular flexibility index (Phi) is 7.78. The van der Waals surface area contributed by atoms with E-state index in [-0.39, 0.29) is 0 Å². The molecule has 0 aliphatic heterocycles. The van der Waals surface area contributed by atoms with Gasteiger partial charge in [0, 0.05) is 5.56 Å². The SMILES string of the molecule is C/C=C(\O/C(C)=C(\C)CCC/C=C\c1ccccc1)c1ccccc1. The molecule has 2 aromatic rings. The summed E-state index contributed by atoms with van der Waals surface area (Å²) in [5.41, 5.74) is 3.68. The van der Waals surface area contributed by atoms with Crippen molar-refractivity contribution in [3.8, 4) is 0 Å². The molecule has 2 aromatic carbocycles. The molecule has 0 N–H and O–H groups in total. The highest BCUT2D eigenvalue weighted by Gasteiger charge is 2.05. The van der Waals surface area contributed by atoms with Crippen molar-refractivity contribution < 1.29 is 4.74 Å². The molecule has 0 fully saturated rings. The molecule has 0 amide bonds. The molecule has 0 radical (unpaired) electrons. The number of rotatable bonds is 8. The van der Waals surface area contributed by atoms with Gasteiger partial charge in [-0.1, -0.05) is 72.8 Å². The first-order valence-electron chi connectivity index (χ1n) is 8.98. The molecular formula is C24H28O. The Labute approximate surface area is 152 Å². The first-order valence-corrected chi connectivity index (χ1v) is 8.98. The molecule has 0 atom stereocenters. The van der Waals surface area contributed by atoms with Gasteiger partial charge in [-0.05, 0) is 57.2 Å². The fraction of sp³-hybridized carbons (Fsp3) is 0.250. The third kappa shape index (κ3) is 6.46. The molecule has 0 bridgehead atoms. The minimum atomic E-state index is 0.918. The normalized spacial score (nSPS) is 13.0. The molecule has 0 aliphatic carbocycles. The molecule has 0 aromatic heterocycles. The summed E-state index contributed by atoms with van der Waals surface area (Å²) in [7, 11) is 0. The second-order valence-electron chi connectivity index (χ2n) is 6.16. The molecule has 130 valence electrons. The van der Waals surface area contributed by atoms with Gasteiger partial charge in [-0.2, -0.15) is 0 Å². The lowest BCUT2D eigenvalue weighted by molar-refractivity contribution is 0.375. The first-order chi connectivity index (χ1) is 12.2. The highest BCUT2D eigenvalue weighted by atomic mass is 16.5. The van der Waals surface area contributed by atoms with Crippen LogP contribution in [-0.4, -0.2) is 0 Å². The fourth-order valence-corrected chi connectivity index (χ4v) is 2.58. The lowest BCUT2D eigenvalue weighted by atomic mass is 10.1. The van der Waals surface area contributed by atoms with Gasteiger partial charge in [0.25, 0.3) is 0 Å². The first kappa shape index (κ1) is 18.8. The smallest absolute Gasteiger partial charge is 0.129 e. The maximum absolute atomic E-state index is 6.10. The predicted molar refractivity (Wildman–Crippen MR) is 109 cm³/mol. The van der Waals surface area contributed by atoms with E-state index in [9.17, 15) is 0 Å². The third-order valence-electron chi connectivity index (χ3n) is 4.22. The number of hydrogen-bond acceptors (Lipinski definition) is 1. The predicted octanol–water partition coefficient (Wildman–Crippen LogP) is 7.24. The van der Waals surface area contributed by atoms with E-state index in [2.05, 4.69) is 62.4 Å². The van der Waals surface area contributed by atoms with Crippen LogP contribution in [0.3, 0.4) is 0 Å². The number of ether oxygens (including phenoxy) is 1. The van der Waals surface area contributed by atoms with Gasteiger partial charge in [0.1, 0.15) is 5.76 Å². The van der Waals surface area contributed by atoms with Gasteiger partial charge in [0.05, 0.1) is 5.76 Å². The lowest BCUT2D eigenvalue weighted by Gasteiger charge is -2.13. The summed E-state index contributed by atoms with van der Waals surface area (Å²) in [5.74, 6) is 1.92. The Morgan fingerprint density at radius 2 is 1.56 bits per heavy atom. The number of unbranched alkanes of at least 4 members (excludes halogenated alkanes) is 1. The molecule has 1 heteroatoms. The van der Waals surface area contributed by atoms with E-state index in [1.807, 2.05) is 37.3 Å². The summed E-state index contributed by atoms with van der Waals surface area (Å²) in [6.07, 6.45) is 9.72. The Hall–Kier alpha value is -2.54. The standard InChI is InChI=1S/C24H28O/c1-4-24(23-18-12-7-13-19-23)25-21(3)20(2)14-8-5-9-15-22-16-10-6-11-17-22/h4,6-7,9-13,15-19H,5,8,14H2,1-3H3/b15-9-,21-20+,24-4-. The molecule has 25 heavy (non-hydrogen) atoms. The second-order valence-corrected chi connectivity index (χ2v) is 6.16. The van der Waals surface area contributed by atoms with Crippen molar-refractivity contribution in [2.75, 3.05) is 0 Å². The van der Waals surface area contributed by atoms with E-state index in [0.29, 0.717) is 0 Å². The highest BCUT2D eigenvalue weighted by Crippen LogP contribution is 2.22. The van der Waals surface area contributed by atoms with Crippen molar-refractivity contribution in [3.63, 3.8) is 0 Å². The largest absolute Gasteiger partial charge is 0.462 e. The Bertz CT molecular complexity index is 721. The minimum Gasteiger partial charge on any atom is -0.462 e. The van der Waals surface area contributed by atoms with Crippen molar-refractivity contribution >= 4 is 11.8 Å². The number of allylic oxidation sites excluding steroid dienone is 4. The molecule has 0 unspecified atom stereocenters.